The topological polar surface area (TPSA) is 114 Å². The standard InChI is InChI=1S/C28H29F4N5O3/c1-16-2-3-19(12-20(16)29)17-4-6-18(7-5-17)24(28(30,31)32)40-23-13-22(35-26(33)36-23)37-10-8-27(9-11-37)14-21(25(38)39)34-15-27/h2-7,12-13,21,24,34H,8-11,14-15H2,1H3,(H,38,39)(H2,33,35,36)/t21-,24?/m0/s1. The van der Waals surface area contributed by atoms with Gasteiger partial charge in [-0.15, -0.1) is 0 Å². The first-order valence-corrected chi connectivity index (χ1v) is 12.9. The van der Waals surface area contributed by atoms with Gasteiger partial charge in [-0.2, -0.15) is 23.1 Å². The minimum atomic E-state index is -4.76. The molecule has 3 aromatic rings. The third-order valence-corrected chi connectivity index (χ3v) is 7.77. The number of nitrogens with two attached hydrogens (primary N) is 1. The van der Waals surface area contributed by atoms with E-state index in [1.54, 1.807) is 19.1 Å². The quantitative estimate of drug-likeness (QED) is 0.366. The Bertz CT molecular complexity index is 1390. The van der Waals surface area contributed by atoms with Crippen molar-refractivity contribution in [2.75, 3.05) is 30.3 Å². The number of rotatable bonds is 6. The number of ether oxygens (including phenoxy) is 1. The average Bonchev–Trinajstić information content (AvgIpc) is 3.32. The van der Waals surface area contributed by atoms with Crippen LogP contribution in [0.1, 0.15) is 36.5 Å². The van der Waals surface area contributed by atoms with Crippen LogP contribution in [0.5, 0.6) is 5.88 Å². The van der Waals surface area contributed by atoms with Gasteiger partial charge in [-0.3, -0.25) is 4.79 Å². The molecule has 212 valence electrons. The first-order valence-electron chi connectivity index (χ1n) is 12.9. The molecule has 12 heteroatoms. The Morgan fingerprint density at radius 2 is 1.80 bits per heavy atom. The van der Waals surface area contributed by atoms with Gasteiger partial charge in [0.05, 0.1) is 0 Å². The largest absolute Gasteiger partial charge is 0.480 e. The number of nitrogens with one attached hydrogen (secondary N) is 1. The molecule has 3 heterocycles. The van der Waals surface area contributed by atoms with Gasteiger partial charge in [-0.1, -0.05) is 36.4 Å². The Morgan fingerprint density at radius 1 is 1.12 bits per heavy atom. The van der Waals surface area contributed by atoms with Crippen molar-refractivity contribution >= 4 is 17.7 Å². The van der Waals surface area contributed by atoms with Crippen LogP contribution in [0.2, 0.25) is 0 Å². The van der Waals surface area contributed by atoms with Crippen molar-refractivity contribution in [1.29, 1.82) is 0 Å². The van der Waals surface area contributed by atoms with Crippen molar-refractivity contribution < 1.29 is 32.2 Å². The summed E-state index contributed by atoms with van der Waals surface area (Å²) in [6, 6.07) is 11.0. The molecule has 8 nitrogen and oxygen atoms in total. The van der Waals surface area contributed by atoms with Gasteiger partial charge in [-0.25, -0.2) is 4.39 Å². The van der Waals surface area contributed by atoms with Crippen LogP contribution in [0.4, 0.5) is 29.3 Å². The summed E-state index contributed by atoms with van der Waals surface area (Å²) >= 11 is 0. The van der Waals surface area contributed by atoms with E-state index in [1.165, 1.54) is 36.4 Å². The van der Waals surface area contributed by atoms with E-state index in [0.717, 1.165) is 0 Å². The Balaban J connectivity index is 1.32. The summed E-state index contributed by atoms with van der Waals surface area (Å²) in [6.45, 7) is 3.30. The van der Waals surface area contributed by atoms with Crippen LogP contribution in [0.15, 0.2) is 48.5 Å². The number of benzene rings is 2. The zero-order chi connectivity index (χ0) is 28.7. The molecule has 2 aliphatic rings. The molecular formula is C28H29F4N5O3. The van der Waals surface area contributed by atoms with Crippen molar-refractivity contribution in [3.63, 3.8) is 0 Å². The fourth-order valence-corrected chi connectivity index (χ4v) is 5.40. The van der Waals surface area contributed by atoms with E-state index in [-0.39, 0.29) is 22.8 Å². The molecule has 4 N–H and O–H groups in total. The molecule has 0 saturated carbocycles. The van der Waals surface area contributed by atoms with Crippen molar-refractivity contribution in [3.05, 3.63) is 65.5 Å². The number of nitrogens with zero attached hydrogens (tertiary/aromatic N) is 3. The molecule has 0 radical (unpaired) electrons. The normalized spacial score (nSPS) is 19.5. The number of aliphatic carboxylic acids is 1. The maximum absolute atomic E-state index is 14.1. The lowest BCUT2D eigenvalue weighted by Crippen LogP contribution is -2.41. The number of piperidine rings is 1. The van der Waals surface area contributed by atoms with Crippen LogP contribution in [-0.4, -0.2) is 52.9 Å². The minimum Gasteiger partial charge on any atom is -0.480 e. The van der Waals surface area contributed by atoms with Crippen LogP contribution < -0.4 is 20.7 Å². The van der Waals surface area contributed by atoms with Gasteiger partial charge in [0.2, 0.25) is 17.9 Å². The van der Waals surface area contributed by atoms with E-state index in [2.05, 4.69) is 15.3 Å². The van der Waals surface area contributed by atoms with Gasteiger partial charge in [0.15, 0.2) is 0 Å². The predicted octanol–water partition coefficient (Wildman–Crippen LogP) is 4.89. The van der Waals surface area contributed by atoms with Crippen molar-refractivity contribution in [1.82, 2.24) is 15.3 Å². The van der Waals surface area contributed by atoms with Crippen molar-refractivity contribution in [2.45, 2.75) is 44.5 Å². The first kappa shape index (κ1) is 27.6. The third-order valence-electron chi connectivity index (χ3n) is 7.77. The lowest BCUT2D eigenvalue weighted by atomic mass is 9.76. The summed E-state index contributed by atoms with van der Waals surface area (Å²) < 4.78 is 61.7. The number of hydrogen-bond donors (Lipinski definition) is 3. The number of alkyl halides is 3. The van der Waals surface area contributed by atoms with E-state index in [0.29, 0.717) is 61.4 Å². The van der Waals surface area contributed by atoms with Gasteiger partial charge >= 0.3 is 12.1 Å². The van der Waals surface area contributed by atoms with Crippen LogP contribution in [0.3, 0.4) is 0 Å². The zero-order valence-electron chi connectivity index (χ0n) is 21.7. The summed E-state index contributed by atoms with van der Waals surface area (Å²) in [6.07, 6.45) is -5.15. The second kappa shape index (κ2) is 10.6. The molecule has 0 amide bonds. The highest BCUT2D eigenvalue weighted by molar-refractivity contribution is 5.74. The number of carbonyl (C=O) groups is 1. The second-order valence-corrected chi connectivity index (χ2v) is 10.5. The lowest BCUT2D eigenvalue weighted by Gasteiger charge is -2.39. The molecule has 2 aliphatic heterocycles. The number of carboxylic acids is 1. The Hall–Kier alpha value is -3.93. The fourth-order valence-electron chi connectivity index (χ4n) is 5.40. The van der Waals surface area contributed by atoms with E-state index in [4.69, 9.17) is 10.5 Å². The van der Waals surface area contributed by atoms with Crippen molar-refractivity contribution in [3.8, 4) is 17.0 Å². The van der Waals surface area contributed by atoms with Gasteiger partial charge < -0.3 is 25.8 Å². The summed E-state index contributed by atoms with van der Waals surface area (Å²) in [7, 11) is 0. The van der Waals surface area contributed by atoms with Crippen molar-refractivity contribution in [2.24, 2.45) is 5.41 Å². The number of nitrogen functional groups attached to an aromatic ring is 1. The maximum Gasteiger partial charge on any atom is 0.429 e. The SMILES string of the molecule is Cc1ccc(-c2ccc(C(Oc3cc(N4CCC5(CC4)CN[C@H](C(=O)O)C5)nc(N)n3)C(F)(F)F)cc2)cc1F. The zero-order valence-corrected chi connectivity index (χ0v) is 21.7. The van der Waals surface area contributed by atoms with E-state index in [9.17, 15) is 27.5 Å². The number of halogens is 4. The molecule has 2 fully saturated rings. The molecule has 2 aromatic carbocycles. The third kappa shape index (κ3) is 5.81. The predicted molar refractivity (Wildman–Crippen MR) is 140 cm³/mol. The molecule has 2 atom stereocenters. The van der Waals surface area contributed by atoms with Crippen LogP contribution in [0.25, 0.3) is 11.1 Å². The maximum atomic E-state index is 14.1. The van der Waals surface area contributed by atoms with Gasteiger partial charge in [0, 0.05) is 31.3 Å². The molecule has 40 heavy (non-hydrogen) atoms. The minimum absolute atomic E-state index is 0.143. The summed E-state index contributed by atoms with van der Waals surface area (Å²) in [5, 5.41) is 12.4. The number of anilines is 2. The average molecular weight is 560 g/mol. The molecular weight excluding hydrogens is 530 g/mol. The number of aromatic nitrogens is 2. The number of aryl methyl sites for hydroxylation is 1. The number of hydrogen-bond acceptors (Lipinski definition) is 7. The molecule has 0 aliphatic carbocycles. The monoisotopic (exact) mass is 559 g/mol. The molecule has 2 saturated heterocycles. The Morgan fingerprint density at radius 3 is 2.40 bits per heavy atom. The highest BCUT2D eigenvalue weighted by Gasteiger charge is 2.45. The summed E-state index contributed by atoms with van der Waals surface area (Å²) in [5.74, 6) is -1.47. The molecule has 1 spiro atoms. The first-order chi connectivity index (χ1) is 18.9. The smallest absolute Gasteiger partial charge is 0.429 e. The van der Waals surface area contributed by atoms with Gasteiger partial charge in [-0.05, 0) is 54.4 Å². The van der Waals surface area contributed by atoms with E-state index < -0.39 is 30.1 Å². The lowest BCUT2D eigenvalue weighted by molar-refractivity contribution is -0.198. The highest BCUT2D eigenvalue weighted by Crippen LogP contribution is 2.41. The van der Waals surface area contributed by atoms with E-state index >= 15 is 0 Å². The van der Waals surface area contributed by atoms with Gasteiger partial charge in [0.1, 0.15) is 17.7 Å². The van der Waals surface area contributed by atoms with Gasteiger partial charge in [0.25, 0.3) is 0 Å². The number of carboxylic acid groups (broad SMARTS) is 1. The highest BCUT2D eigenvalue weighted by atomic mass is 19.4. The Kier molecular flexibility index (Phi) is 7.30. The second-order valence-electron chi connectivity index (χ2n) is 10.5. The van der Waals surface area contributed by atoms with E-state index in [1.807, 2.05) is 4.90 Å². The molecule has 5 rings (SSSR count). The summed E-state index contributed by atoms with van der Waals surface area (Å²) in [4.78, 5) is 21.3. The summed E-state index contributed by atoms with van der Waals surface area (Å²) in [5.41, 5.74) is 7.13. The molecule has 0 bridgehead atoms. The molecule has 1 unspecified atom stereocenters. The fraction of sp³-hybridized carbons (Fsp3) is 0.393. The van der Waals surface area contributed by atoms with Crippen LogP contribution in [-0.2, 0) is 4.79 Å². The Labute approximate surface area is 228 Å². The van der Waals surface area contributed by atoms with Crippen LogP contribution >= 0.6 is 0 Å². The molecule has 1 aromatic heterocycles. The van der Waals surface area contributed by atoms with Crippen LogP contribution in [0, 0.1) is 18.2 Å².